The Morgan fingerprint density at radius 1 is 1.17 bits per heavy atom. The van der Waals surface area contributed by atoms with Crippen molar-refractivity contribution in [3.05, 3.63) is 47.2 Å². The van der Waals surface area contributed by atoms with E-state index in [1.54, 1.807) is 12.1 Å². The van der Waals surface area contributed by atoms with Crippen LogP contribution in [0.2, 0.25) is 0 Å². The third-order valence-corrected chi connectivity index (χ3v) is 4.86. The van der Waals surface area contributed by atoms with Crippen molar-refractivity contribution in [2.45, 2.75) is 31.7 Å². The molecule has 2 aromatic rings. The van der Waals surface area contributed by atoms with Gasteiger partial charge < -0.3 is 15.3 Å². The fraction of sp³-hybridized carbons (Fsp3) is 0.389. The second-order valence-electron chi connectivity index (χ2n) is 6.38. The predicted octanol–water partition coefficient (Wildman–Crippen LogP) is 2.20. The summed E-state index contributed by atoms with van der Waals surface area (Å²) >= 11 is 0. The van der Waals surface area contributed by atoms with Gasteiger partial charge in [-0.15, -0.1) is 10.2 Å². The Labute approximate surface area is 140 Å². The van der Waals surface area contributed by atoms with Crippen molar-refractivity contribution in [2.24, 2.45) is 0 Å². The standard InChI is InChI=1S/C18H20N4O2/c23-16-5-3-4-12-13(16)6-7-14(12)19-18(24)15-8-9-17(21-20-15)22-10-1-2-11-22/h3-5,8-9,14,23H,1-2,6-7,10-11H2,(H,19,24). The maximum atomic E-state index is 12.4. The molecule has 4 rings (SSSR count). The summed E-state index contributed by atoms with van der Waals surface area (Å²) in [4.78, 5) is 14.6. The molecule has 1 aromatic heterocycles. The molecule has 1 fully saturated rings. The number of phenolic OH excluding ortho intramolecular Hbond substituents is 1. The zero-order valence-corrected chi connectivity index (χ0v) is 13.4. The molecule has 0 bridgehead atoms. The van der Waals surface area contributed by atoms with Crippen molar-refractivity contribution in [1.82, 2.24) is 15.5 Å². The lowest BCUT2D eigenvalue weighted by molar-refractivity contribution is 0.0930. The number of anilines is 1. The molecular weight excluding hydrogens is 304 g/mol. The quantitative estimate of drug-likeness (QED) is 0.905. The Balaban J connectivity index is 1.46. The summed E-state index contributed by atoms with van der Waals surface area (Å²) in [6.07, 6.45) is 3.92. The SMILES string of the molecule is O=C(NC1CCc2c(O)cccc21)c1ccc(N2CCCC2)nn1. The van der Waals surface area contributed by atoms with Gasteiger partial charge >= 0.3 is 0 Å². The molecule has 0 radical (unpaired) electrons. The Morgan fingerprint density at radius 2 is 2.00 bits per heavy atom. The molecule has 1 atom stereocenters. The van der Waals surface area contributed by atoms with Crippen LogP contribution in [0.25, 0.3) is 0 Å². The smallest absolute Gasteiger partial charge is 0.272 e. The first-order valence-corrected chi connectivity index (χ1v) is 8.42. The fourth-order valence-corrected chi connectivity index (χ4v) is 3.58. The van der Waals surface area contributed by atoms with Crippen molar-refractivity contribution in [1.29, 1.82) is 0 Å². The van der Waals surface area contributed by atoms with E-state index in [-0.39, 0.29) is 11.9 Å². The molecule has 1 saturated heterocycles. The number of amides is 1. The summed E-state index contributed by atoms with van der Waals surface area (Å²) in [5, 5.41) is 21.2. The number of nitrogens with one attached hydrogen (secondary N) is 1. The monoisotopic (exact) mass is 324 g/mol. The van der Waals surface area contributed by atoms with Gasteiger partial charge in [-0.05, 0) is 55.0 Å². The van der Waals surface area contributed by atoms with Gasteiger partial charge in [0.15, 0.2) is 11.5 Å². The maximum Gasteiger partial charge on any atom is 0.272 e. The minimum absolute atomic E-state index is 0.0836. The Hall–Kier alpha value is -2.63. The van der Waals surface area contributed by atoms with Crippen LogP contribution < -0.4 is 10.2 Å². The van der Waals surface area contributed by atoms with E-state index >= 15 is 0 Å². The summed E-state index contributed by atoms with van der Waals surface area (Å²) in [7, 11) is 0. The molecule has 1 aliphatic heterocycles. The van der Waals surface area contributed by atoms with E-state index in [0.29, 0.717) is 11.4 Å². The van der Waals surface area contributed by atoms with Crippen LogP contribution in [0.4, 0.5) is 5.82 Å². The number of nitrogens with zero attached hydrogens (tertiary/aromatic N) is 3. The molecule has 6 nitrogen and oxygen atoms in total. The average Bonchev–Trinajstić information content (AvgIpc) is 3.26. The molecule has 0 spiro atoms. The first kappa shape index (κ1) is 14.9. The summed E-state index contributed by atoms with van der Waals surface area (Å²) in [5.41, 5.74) is 2.25. The average molecular weight is 324 g/mol. The molecule has 0 saturated carbocycles. The molecule has 24 heavy (non-hydrogen) atoms. The maximum absolute atomic E-state index is 12.4. The minimum atomic E-state index is -0.225. The van der Waals surface area contributed by atoms with Gasteiger partial charge in [-0.2, -0.15) is 0 Å². The molecular formula is C18H20N4O2. The lowest BCUT2D eigenvalue weighted by Crippen LogP contribution is -2.28. The zero-order chi connectivity index (χ0) is 16.5. The largest absolute Gasteiger partial charge is 0.508 e. The van der Waals surface area contributed by atoms with E-state index in [0.717, 1.165) is 42.9 Å². The molecule has 1 aliphatic carbocycles. The second-order valence-corrected chi connectivity index (χ2v) is 6.38. The second kappa shape index (κ2) is 6.11. The van der Waals surface area contributed by atoms with Crippen molar-refractivity contribution in [2.75, 3.05) is 18.0 Å². The first-order chi connectivity index (χ1) is 11.7. The van der Waals surface area contributed by atoms with Gasteiger partial charge in [-0.25, -0.2) is 0 Å². The van der Waals surface area contributed by atoms with Crippen LogP contribution in [0.5, 0.6) is 5.75 Å². The van der Waals surface area contributed by atoms with Crippen LogP contribution in [0, 0.1) is 0 Å². The molecule has 1 amide bonds. The van der Waals surface area contributed by atoms with Crippen LogP contribution in [-0.2, 0) is 6.42 Å². The lowest BCUT2D eigenvalue weighted by atomic mass is 10.1. The van der Waals surface area contributed by atoms with Gasteiger partial charge in [-0.1, -0.05) is 12.1 Å². The van der Waals surface area contributed by atoms with Crippen LogP contribution in [0.15, 0.2) is 30.3 Å². The molecule has 2 heterocycles. The minimum Gasteiger partial charge on any atom is -0.508 e. The number of phenols is 1. The number of fused-ring (bicyclic) bond motifs is 1. The number of hydrogen-bond acceptors (Lipinski definition) is 5. The van der Waals surface area contributed by atoms with Gasteiger partial charge in [0.25, 0.3) is 5.91 Å². The number of rotatable bonds is 3. The number of benzene rings is 1. The molecule has 2 aliphatic rings. The van der Waals surface area contributed by atoms with E-state index in [2.05, 4.69) is 20.4 Å². The van der Waals surface area contributed by atoms with Gasteiger partial charge in [-0.3, -0.25) is 4.79 Å². The van der Waals surface area contributed by atoms with E-state index in [1.165, 1.54) is 12.8 Å². The van der Waals surface area contributed by atoms with Crippen LogP contribution in [-0.4, -0.2) is 34.3 Å². The highest BCUT2D eigenvalue weighted by Gasteiger charge is 2.26. The van der Waals surface area contributed by atoms with E-state index in [9.17, 15) is 9.90 Å². The third-order valence-electron chi connectivity index (χ3n) is 4.86. The van der Waals surface area contributed by atoms with Crippen LogP contribution >= 0.6 is 0 Å². The number of aromatic nitrogens is 2. The van der Waals surface area contributed by atoms with Crippen molar-refractivity contribution in [3.8, 4) is 5.75 Å². The van der Waals surface area contributed by atoms with E-state index in [4.69, 9.17) is 0 Å². The topological polar surface area (TPSA) is 78.4 Å². The third kappa shape index (κ3) is 2.68. The highest BCUT2D eigenvalue weighted by Crippen LogP contribution is 2.36. The van der Waals surface area contributed by atoms with Gasteiger partial charge in [0.05, 0.1) is 6.04 Å². The number of carbonyl (C=O) groups is 1. The van der Waals surface area contributed by atoms with Crippen molar-refractivity contribution in [3.63, 3.8) is 0 Å². The molecule has 6 heteroatoms. The van der Waals surface area contributed by atoms with E-state index in [1.807, 2.05) is 18.2 Å². The molecule has 124 valence electrons. The molecule has 1 unspecified atom stereocenters. The van der Waals surface area contributed by atoms with Gasteiger partial charge in [0.1, 0.15) is 5.75 Å². The Kier molecular flexibility index (Phi) is 3.80. The zero-order valence-electron chi connectivity index (χ0n) is 13.4. The summed E-state index contributed by atoms with van der Waals surface area (Å²) < 4.78 is 0. The predicted molar refractivity (Wildman–Crippen MR) is 90.1 cm³/mol. The number of hydrogen-bond donors (Lipinski definition) is 2. The van der Waals surface area contributed by atoms with Gasteiger partial charge in [0.2, 0.25) is 0 Å². The Bertz CT molecular complexity index is 754. The normalized spacial score (nSPS) is 19.3. The summed E-state index contributed by atoms with van der Waals surface area (Å²) in [5.74, 6) is 0.913. The summed E-state index contributed by atoms with van der Waals surface area (Å²) in [6.45, 7) is 2.01. The lowest BCUT2D eigenvalue weighted by Gasteiger charge is -2.16. The Morgan fingerprint density at radius 3 is 2.75 bits per heavy atom. The van der Waals surface area contributed by atoms with Crippen molar-refractivity contribution >= 4 is 11.7 Å². The van der Waals surface area contributed by atoms with E-state index < -0.39 is 0 Å². The van der Waals surface area contributed by atoms with Gasteiger partial charge in [0, 0.05) is 13.1 Å². The first-order valence-electron chi connectivity index (χ1n) is 8.42. The number of carbonyl (C=O) groups excluding carboxylic acids is 1. The molecule has 2 N–H and O–H groups in total. The highest BCUT2D eigenvalue weighted by atomic mass is 16.3. The van der Waals surface area contributed by atoms with Crippen LogP contribution in [0.1, 0.15) is 46.9 Å². The van der Waals surface area contributed by atoms with Crippen molar-refractivity contribution < 1.29 is 9.90 Å². The van der Waals surface area contributed by atoms with Crippen LogP contribution in [0.3, 0.4) is 0 Å². The molecule has 1 aromatic carbocycles. The highest BCUT2D eigenvalue weighted by molar-refractivity contribution is 5.92. The number of aromatic hydroxyl groups is 1. The fourth-order valence-electron chi connectivity index (χ4n) is 3.58. The summed E-state index contributed by atoms with van der Waals surface area (Å²) in [6, 6.07) is 8.96.